The van der Waals surface area contributed by atoms with Gasteiger partial charge < -0.3 is 10.0 Å². The van der Waals surface area contributed by atoms with Crippen LogP contribution < -0.4 is 0 Å². The van der Waals surface area contributed by atoms with Gasteiger partial charge in [0.05, 0.1) is 6.10 Å². The van der Waals surface area contributed by atoms with Gasteiger partial charge in [-0.3, -0.25) is 4.79 Å². The van der Waals surface area contributed by atoms with Crippen LogP contribution in [0.2, 0.25) is 0 Å². The molecule has 0 heterocycles. The van der Waals surface area contributed by atoms with Gasteiger partial charge in [0.2, 0.25) is 5.91 Å². The number of rotatable bonds is 12. The number of fused-ring (bicyclic) bond motifs is 1. The van der Waals surface area contributed by atoms with E-state index >= 15 is 0 Å². The fourth-order valence-corrected chi connectivity index (χ4v) is 5.05. The van der Waals surface area contributed by atoms with E-state index in [0.29, 0.717) is 24.2 Å². The molecule has 3 nitrogen and oxygen atoms in total. The van der Waals surface area contributed by atoms with E-state index in [2.05, 4.69) is 32.1 Å². The minimum Gasteiger partial charge on any atom is -0.392 e. The van der Waals surface area contributed by atoms with Gasteiger partial charge in [-0.05, 0) is 56.3 Å². The van der Waals surface area contributed by atoms with Crippen molar-refractivity contribution in [1.29, 1.82) is 0 Å². The predicted octanol–water partition coefficient (Wildman–Crippen LogP) is 5.74. The zero-order valence-electron chi connectivity index (χ0n) is 18.7. The average Bonchev–Trinajstić information content (AvgIpc) is 3.18. The first kappa shape index (κ1) is 23.2. The summed E-state index contributed by atoms with van der Waals surface area (Å²) < 4.78 is 0. The molecule has 2 rings (SSSR count). The Morgan fingerprint density at radius 3 is 2.75 bits per heavy atom. The summed E-state index contributed by atoms with van der Waals surface area (Å²) in [5, 5.41) is 10.5. The number of amides is 1. The number of allylic oxidation sites excluding steroid dienone is 3. The van der Waals surface area contributed by atoms with Crippen molar-refractivity contribution < 1.29 is 9.90 Å². The van der Waals surface area contributed by atoms with Gasteiger partial charge in [-0.1, -0.05) is 63.3 Å². The highest BCUT2D eigenvalue weighted by Gasteiger charge is 2.43. The molecule has 1 saturated carbocycles. The highest BCUT2D eigenvalue weighted by Crippen LogP contribution is 2.48. The molecule has 2 aliphatic carbocycles. The van der Waals surface area contributed by atoms with Gasteiger partial charge in [0, 0.05) is 26.4 Å². The molecule has 0 aromatic heterocycles. The maximum atomic E-state index is 11.7. The Morgan fingerprint density at radius 1 is 1.29 bits per heavy atom. The van der Waals surface area contributed by atoms with Crippen LogP contribution in [0, 0.1) is 23.7 Å². The fourth-order valence-electron chi connectivity index (χ4n) is 5.05. The molecule has 1 amide bonds. The first-order chi connectivity index (χ1) is 13.5. The zero-order chi connectivity index (χ0) is 20.5. The Labute approximate surface area is 173 Å². The van der Waals surface area contributed by atoms with Crippen LogP contribution >= 0.6 is 0 Å². The Kier molecular flexibility index (Phi) is 9.77. The zero-order valence-corrected chi connectivity index (χ0v) is 18.7. The van der Waals surface area contributed by atoms with Crippen LogP contribution in [0.5, 0.6) is 0 Å². The number of carbonyl (C=O) groups is 1. The maximum absolute atomic E-state index is 11.7. The molecule has 1 fully saturated rings. The number of aliphatic hydroxyl groups excluding tert-OH is 1. The highest BCUT2D eigenvalue weighted by atomic mass is 16.3. The molecule has 0 unspecified atom stereocenters. The first-order valence-electron chi connectivity index (χ1n) is 11.7. The third-order valence-corrected chi connectivity index (χ3v) is 6.96. The largest absolute Gasteiger partial charge is 0.392 e. The van der Waals surface area contributed by atoms with E-state index in [4.69, 9.17) is 0 Å². The third-order valence-electron chi connectivity index (χ3n) is 6.96. The molecule has 0 radical (unpaired) electrons. The molecule has 0 aliphatic heterocycles. The monoisotopic (exact) mass is 389 g/mol. The summed E-state index contributed by atoms with van der Waals surface area (Å²) in [5.41, 5.74) is 1.56. The SMILES string of the molecule is CCCC[C@@H](CC)C/C=C/[C@@H]1[C@H]2CC(CCCCC(=O)N(C)C)=C[C@H]2C[C@H]1O. The normalized spacial score (nSPS) is 27.8. The Hall–Kier alpha value is -1.09. The Balaban J connectivity index is 1.76. The minimum atomic E-state index is -0.169. The van der Waals surface area contributed by atoms with Crippen molar-refractivity contribution in [3.05, 3.63) is 23.8 Å². The van der Waals surface area contributed by atoms with Crippen molar-refractivity contribution in [2.75, 3.05) is 14.1 Å². The van der Waals surface area contributed by atoms with Crippen molar-refractivity contribution in [3.63, 3.8) is 0 Å². The van der Waals surface area contributed by atoms with Crippen molar-refractivity contribution in [2.45, 2.75) is 90.6 Å². The number of carbonyl (C=O) groups excluding carboxylic acids is 1. The fraction of sp³-hybridized carbons (Fsp3) is 0.800. The molecule has 0 bridgehead atoms. The summed E-state index contributed by atoms with van der Waals surface area (Å²) >= 11 is 0. The number of hydrogen-bond donors (Lipinski definition) is 1. The van der Waals surface area contributed by atoms with E-state index in [-0.39, 0.29) is 12.0 Å². The summed E-state index contributed by atoms with van der Waals surface area (Å²) in [6, 6.07) is 0. The van der Waals surface area contributed by atoms with E-state index in [1.54, 1.807) is 10.5 Å². The van der Waals surface area contributed by atoms with Crippen molar-refractivity contribution in [1.82, 2.24) is 4.90 Å². The lowest BCUT2D eigenvalue weighted by molar-refractivity contribution is -0.128. The van der Waals surface area contributed by atoms with Crippen molar-refractivity contribution >= 4 is 5.91 Å². The van der Waals surface area contributed by atoms with Gasteiger partial charge in [-0.15, -0.1) is 0 Å². The molecule has 28 heavy (non-hydrogen) atoms. The van der Waals surface area contributed by atoms with Crippen LogP contribution in [0.1, 0.15) is 84.5 Å². The second-order valence-electron chi connectivity index (χ2n) is 9.31. The molecule has 0 spiro atoms. The highest BCUT2D eigenvalue weighted by molar-refractivity contribution is 5.75. The molecule has 5 atom stereocenters. The number of hydrogen-bond acceptors (Lipinski definition) is 2. The summed E-state index contributed by atoms with van der Waals surface area (Å²) in [6.45, 7) is 4.57. The van der Waals surface area contributed by atoms with Crippen LogP contribution in [-0.2, 0) is 4.79 Å². The third kappa shape index (κ3) is 6.76. The lowest BCUT2D eigenvalue weighted by atomic mass is 9.87. The summed E-state index contributed by atoms with van der Waals surface area (Å²) in [4.78, 5) is 13.4. The summed E-state index contributed by atoms with van der Waals surface area (Å²) in [6.07, 6.45) is 19.3. The van der Waals surface area contributed by atoms with E-state index in [1.165, 1.54) is 25.7 Å². The topological polar surface area (TPSA) is 40.5 Å². The average molecular weight is 390 g/mol. The Morgan fingerprint density at radius 2 is 2.07 bits per heavy atom. The lowest BCUT2D eigenvalue weighted by Crippen LogP contribution is -2.21. The summed E-state index contributed by atoms with van der Waals surface area (Å²) in [7, 11) is 3.66. The maximum Gasteiger partial charge on any atom is 0.222 e. The van der Waals surface area contributed by atoms with Crippen LogP contribution in [0.3, 0.4) is 0 Å². The molecule has 3 heteroatoms. The predicted molar refractivity (Wildman–Crippen MR) is 118 cm³/mol. The number of aliphatic hydroxyl groups is 1. The van der Waals surface area contributed by atoms with Gasteiger partial charge >= 0.3 is 0 Å². The van der Waals surface area contributed by atoms with E-state index < -0.39 is 0 Å². The van der Waals surface area contributed by atoms with Gasteiger partial charge in [-0.2, -0.15) is 0 Å². The van der Waals surface area contributed by atoms with Crippen molar-refractivity contribution in [2.24, 2.45) is 23.7 Å². The van der Waals surface area contributed by atoms with Crippen LogP contribution in [0.15, 0.2) is 23.8 Å². The van der Waals surface area contributed by atoms with Crippen LogP contribution in [0.4, 0.5) is 0 Å². The van der Waals surface area contributed by atoms with Gasteiger partial charge in [0.15, 0.2) is 0 Å². The van der Waals surface area contributed by atoms with Gasteiger partial charge in [-0.25, -0.2) is 0 Å². The number of nitrogens with zero attached hydrogens (tertiary/aromatic N) is 1. The molecule has 0 aromatic rings. The minimum absolute atomic E-state index is 0.169. The first-order valence-corrected chi connectivity index (χ1v) is 11.7. The molecular weight excluding hydrogens is 346 g/mol. The van der Waals surface area contributed by atoms with E-state index in [9.17, 15) is 9.90 Å². The smallest absolute Gasteiger partial charge is 0.222 e. The van der Waals surface area contributed by atoms with Crippen LogP contribution in [-0.4, -0.2) is 36.1 Å². The van der Waals surface area contributed by atoms with E-state index in [0.717, 1.165) is 44.4 Å². The molecular formula is C25H43NO2. The van der Waals surface area contributed by atoms with E-state index in [1.807, 2.05) is 14.1 Å². The molecule has 2 aliphatic rings. The van der Waals surface area contributed by atoms with Crippen molar-refractivity contribution in [3.8, 4) is 0 Å². The van der Waals surface area contributed by atoms with Gasteiger partial charge in [0.1, 0.15) is 0 Å². The second-order valence-corrected chi connectivity index (χ2v) is 9.31. The molecule has 0 aromatic carbocycles. The van der Waals surface area contributed by atoms with Gasteiger partial charge in [0.25, 0.3) is 0 Å². The van der Waals surface area contributed by atoms with Crippen LogP contribution in [0.25, 0.3) is 0 Å². The summed E-state index contributed by atoms with van der Waals surface area (Å²) in [5.74, 6) is 2.52. The quantitative estimate of drug-likeness (QED) is 0.341. The second kappa shape index (κ2) is 11.8. The molecule has 0 saturated heterocycles. The Bertz CT molecular complexity index is 537. The number of unbranched alkanes of at least 4 members (excludes halogenated alkanes) is 2. The molecule has 160 valence electrons. The standard InChI is InChI=1S/C25H43NO2/c1-5-7-11-19(6-2)13-10-14-22-23-17-20(16-21(23)18-24(22)27)12-8-9-15-25(28)26(3)4/h10,14,16,19,21-24,27H,5-9,11-13,15,17-18H2,1-4H3/b14-10+/t19-,21+,22-,23+,24-/m1/s1. The molecule has 1 N–H and O–H groups in total. The lowest BCUT2D eigenvalue weighted by Gasteiger charge is -2.19.